The minimum Gasteiger partial charge on any atom is -0.457 e. The molecule has 0 atom stereocenters. The summed E-state index contributed by atoms with van der Waals surface area (Å²) in [6.07, 6.45) is 3.16. The molecule has 5 heteroatoms. The third-order valence-electron chi connectivity index (χ3n) is 3.68. The molecule has 1 N–H and O–H groups in total. The summed E-state index contributed by atoms with van der Waals surface area (Å²) >= 11 is 0. The fourth-order valence-corrected chi connectivity index (χ4v) is 2.46. The van der Waals surface area contributed by atoms with Gasteiger partial charge in [0.25, 0.3) is 0 Å². The summed E-state index contributed by atoms with van der Waals surface area (Å²) in [6.45, 7) is 5.38. The summed E-state index contributed by atoms with van der Waals surface area (Å²) in [5.74, 6) is -0.796. The fourth-order valence-electron chi connectivity index (χ4n) is 2.46. The lowest BCUT2D eigenvalue weighted by Crippen LogP contribution is -2.30. The standard InChI is InChI=1S/C23H25NO4/c1-23(2,3)28-22(27)13-12-17-8-7-9-18(14-17)15-21(26)24-16-20(25)19-10-5-4-6-11-19/h4-14H,15-16H2,1-3H3,(H,24,26). The Bertz CT molecular complexity index is 864. The van der Waals surface area contributed by atoms with E-state index in [2.05, 4.69) is 5.32 Å². The largest absolute Gasteiger partial charge is 0.457 e. The van der Waals surface area contributed by atoms with Crippen molar-refractivity contribution in [2.24, 2.45) is 0 Å². The third kappa shape index (κ3) is 7.58. The van der Waals surface area contributed by atoms with Gasteiger partial charge in [-0.3, -0.25) is 9.59 Å². The van der Waals surface area contributed by atoms with Crippen molar-refractivity contribution in [3.63, 3.8) is 0 Å². The number of esters is 1. The second kappa shape index (κ2) is 9.65. The van der Waals surface area contributed by atoms with E-state index in [-0.39, 0.29) is 24.7 Å². The quantitative estimate of drug-likeness (QED) is 0.453. The van der Waals surface area contributed by atoms with E-state index in [0.29, 0.717) is 5.56 Å². The summed E-state index contributed by atoms with van der Waals surface area (Å²) in [5, 5.41) is 2.64. The highest BCUT2D eigenvalue weighted by Gasteiger charge is 2.14. The van der Waals surface area contributed by atoms with Gasteiger partial charge < -0.3 is 10.1 Å². The second-order valence-electron chi connectivity index (χ2n) is 7.35. The van der Waals surface area contributed by atoms with E-state index in [0.717, 1.165) is 11.1 Å². The summed E-state index contributed by atoms with van der Waals surface area (Å²) < 4.78 is 5.22. The second-order valence-corrected chi connectivity index (χ2v) is 7.35. The van der Waals surface area contributed by atoms with E-state index < -0.39 is 11.6 Å². The predicted molar refractivity (Wildman–Crippen MR) is 109 cm³/mol. The number of Topliss-reactive ketones (excluding diaryl/α,β-unsaturated/α-hetero) is 1. The van der Waals surface area contributed by atoms with Crippen LogP contribution in [-0.2, 0) is 20.7 Å². The van der Waals surface area contributed by atoms with Gasteiger partial charge in [-0.2, -0.15) is 0 Å². The van der Waals surface area contributed by atoms with Crippen molar-refractivity contribution in [2.75, 3.05) is 6.54 Å². The molecule has 0 saturated carbocycles. The molecule has 0 fully saturated rings. The highest BCUT2D eigenvalue weighted by Crippen LogP contribution is 2.11. The van der Waals surface area contributed by atoms with Gasteiger partial charge in [-0.1, -0.05) is 54.6 Å². The first-order valence-corrected chi connectivity index (χ1v) is 9.08. The number of ether oxygens (including phenoxy) is 1. The SMILES string of the molecule is CC(C)(C)OC(=O)C=Cc1cccc(CC(=O)NCC(=O)c2ccccc2)c1. The maximum absolute atomic E-state index is 12.1. The Balaban J connectivity index is 1.88. The van der Waals surface area contributed by atoms with E-state index >= 15 is 0 Å². The fraction of sp³-hybridized carbons (Fsp3) is 0.261. The Morgan fingerprint density at radius 2 is 1.71 bits per heavy atom. The average molecular weight is 379 g/mol. The lowest BCUT2D eigenvalue weighted by Gasteiger charge is -2.17. The minimum atomic E-state index is -0.543. The molecule has 28 heavy (non-hydrogen) atoms. The first-order chi connectivity index (χ1) is 13.2. The van der Waals surface area contributed by atoms with Crippen molar-refractivity contribution in [3.8, 4) is 0 Å². The molecule has 1 amide bonds. The molecule has 0 aliphatic rings. The molecular weight excluding hydrogens is 354 g/mol. The molecule has 146 valence electrons. The van der Waals surface area contributed by atoms with E-state index in [1.807, 2.05) is 30.3 Å². The van der Waals surface area contributed by atoms with Gasteiger partial charge in [0.1, 0.15) is 5.60 Å². The van der Waals surface area contributed by atoms with Crippen LogP contribution in [0.3, 0.4) is 0 Å². The summed E-state index contributed by atoms with van der Waals surface area (Å²) in [7, 11) is 0. The Labute approximate surface area is 165 Å². The molecule has 0 aromatic heterocycles. The maximum Gasteiger partial charge on any atom is 0.331 e. The molecule has 2 rings (SSSR count). The van der Waals surface area contributed by atoms with Crippen LogP contribution in [0.25, 0.3) is 6.08 Å². The highest BCUT2D eigenvalue weighted by molar-refractivity contribution is 5.99. The van der Waals surface area contributed by atoms with Crippen molar-refractivity contribution in [2.45, 2.75) is 32.8 Å². The Kier molecular flexibility index (Phi) is 7.27. The van der Waals surface area contributed by atoms with Crippen molar-refractivity contribution < 1.29 is 19.1 Å². The van der Waals surface area contributed by atoms with Gasteiger partial charge in [-0.05, 0) is 38.0 Å². The number of hydrogen-bond donors (Lipinski definition) is 1. The number of hydrogen-bond acceptors (Lipinski definition) is 4. The number of carbonyl (C=O) groups is 3. The molecule has 5 nitrogen and oxygen atoms in total. The van der Waals surface area contributed by atoms with E-state index in [9.17, 15) is 14.4 Å². The number of rotatable bonds is 7. The van der Waals surface area contributed by atoms with Crippen LogP contribution in [0, 0.1) is 0 Å². The maximum atomic E-state index is 12.1. The zero-order valence-electron chi connectivity index (χ0n) is 16.4. The van der Waals surface area contributed by atoms with E-state index in [4.69, 9.17) is 4.74 Å². The van der Waals surface area contributed by atoms with Crippen molar-refractivity contribution in [3.05, 3.63) is 77.4 Å². The molecule has 0 saturated heterocycles. The van der Waals surface area contributed by atoms with Crippen LogP contribution in [0.1, 0.15) is 42.3 Å². The van der Waals surface area contributed by atoms with Crippen LogP contribution < -0.4 is 5.32 Å². The number of ketones is 1. The molecular formula is C23H25NO4. The number of carbonyl (C=O) groups excluding carboxylic acids is 3. The Hall–Kier alpha value is -3.21. The third-order valence-corrected chi connectivity index (χ3v) is 3.68. The first-order valence-electron chi connectivity index (χ1n) is 9.08. The van der Waals surface area contributed by atoms with E-state index in [1.165, 1.54) is 6.08 Å². The summed E-state index contributed by atoms with van der Waals surface area (Å²) in [4.78, 5) is 35.9. The van der Waals surface area contributed by atoms with Gasteiger partial charge >= 0.3 is 5.97 Å². The van der Waals surface area contributed by atoms with Gasteiger partial charge in [0.15, 0.2) is 5.78 Å². The zero-order chi connectivity index (χ0) is 20.6. The molecule has 0 bridgehead atoms. The van der Waals surface area contributed by atoms with Crippen LogP contribution >= 0.6 is 0 Å². The highest BCUT2D eigenvalue weighted by atomic mass is 16.6. The van der Waals surface area contributed by atoms with E-state index in [1.54, 1.807) is 51.1 Å². The summed E-state index contributed by atoms with van der Waals surface area (Å²) in [6, 6.07) is 16.1. The van der Waals surface area contributed by atoms with Crippen LogP contribution in [-0.4, -0.2) is 29.8 Å². The van der Waals surface area contributed by atoms with Crippen LogP contribution in [0.4, 0.5) is 0 Å². The lowest BCUT2D eigenvalue weighted by molar-refractivity contribution is -0.148. The minimum absolute atomic E-state index is 0.0406. The van der Waals surface area contributed by atoms with Crippen LogP contribution in [0.2, 0.25) is 0 Å². The van der Waals surface area contributed by atoms with Gasteiger partial charge in [0.05, 0.1) is 13.0 Å². The number of amides is 1. The lowest BCUT2D eigenvalue weighted by atomic mass is 10.1. The van der Waals surface area contributed by atoms with Crippen molar-refractivity contribution >= 4 is 23.7 Å². The summed E-state index contributed by atoms with van der Waals surface area (Å²) in [5.41, 5.74) is 1.60. The molecule has 2 aromatic rings. The number of nitrogens with one attached hydrogen (secondary N) is 1. The van der Waals surface area contributed by atoms with Gasteiger partial charge in [0.2, 0.25) is 5.91 Å². The van der Waals surface area contributed by atoms with Crippen molar-refractivity contribution in [1.29, 1.82) is 0 Å². The van der Waals surface area contributed by atoms with Crippen LogP contribution in [0.5, 0.6) is 0 Å². The molecule has 0 spiro atoms. The predicted octanol–water partition coefficient (Wildman–Crippen LogP) is 3.58. The van der Waals surface area contributed by atoms with Gasteiger partial charge in [-0.25, -0.2) is 4.79 Å². The normalized spacial score (nSPS) is 11.2. The topological polar surface area (TPSA) is 72.5 Å². The molecule has 0 heterocycles. The zero-order valence-corrected chi connectivity index (χ0v) is 16.4. The van der Waals surface area contributed by atoms with Crippen molar-refractivity contribution in [1.82, 2.24) is 5.32 Å². The van der Waals surface area contributed by atoms with Gasteiger partial charge in [-0.15, -0.1) is 0 Å². The van der Waals surface area contributed by atoms with Gasteiger partial charge in [0, 0.05) is 11.6 Å². The first kappa shape index (κ1) is 21.1. The number of benzene rings is 2. The molecule has 2 aromatic carbocycles. The molecule has 0 radical (unpaired) electrons. The molecule has 0 unspecified atom stereocenters. The molecule has 0 aliphatic heterocycles. The van der Waals surface area contributed by atoms with Crippen LogP contribution in [0.15, 0.2) is 60.7 Å². The smallest absolute Gasteiger partial charge is 0.331 e. The Morgan fingerprint density at radius 3 is 2.39 bits per heavy atom. The molecule has 0 aliphatic carbocycles. The monoisotopic (exact) mass is 379 g/mol. The average Bonchev–Trinajstić information content (AvgIpc) is 2.64. The Morgan fingerprint density at radius 1 is 1.00 bits per heavy atom.